The van der Waals surface area contributed by atoms with Gasteiger partial charge in [-0.3, -0.25) is 9.69 Å². The number of benzene rings is 4. The molecule has 0 bridgehead atoms. The third kappa shape index (κ3) is 5.29. The maximum Gasteiger partial charge on any atom is 0.329 e. The van der Waals surface area contributed by atoms with Crippen LogP contribution in [0.5, 0.6) is 11.5 Å². The Balaban J connectivity index is 1.33. The van der Waals surface area contributed by atoms with Gasteiger partial charge in [0.25, 0.3) is 5.91 Å². The summed E-state index contributed by atoms with van der Waals surface area (Å²) in [5, 5.41) is 5.27. The molecule has 1 saturated heterocycles. The zero-order valence-corrected chi connectivity index (χ0v) is 21.2. The van der Waals surface area contributed by atoms with Crippen LogP contribution in [-0.4, -0.2) is 23.9 Å². The molecule has 4 aromatic carbocycles. The Morgan fingerprint density at radius 2 is 1.65 bits per heavy atom. The molecule has 0 aliphatic carbocycles. The lowest BCUT2D eigenvalue weighted by atomic mass is 10.1. The summed E-state index contributed by atoms with van der Waals surface area (Å²) < 4.78 is 11.6. The van der Waals surface area contributed by atoms with Gasteiger partial charge in [-0.25, -0.2) is 4.79 Å². The molecule has 0 saturated carbocycles. The summed E-state index contributed by atoms with van der Waals surface area (Å²) in [4.78, 5) is 26.6. The first kappa shape index (κ1) is 24.4. The van der Waals surface area contributed by atoms with Crippen LogP contribution in [0.3, 0.4) is 0 Å². The van der Waals surface area contributed by atoms with Crippen LogP contribution in [0.25, 0.3) is 16.8 Å². The Hall–Kier alpha value is -4.29. The summed E-state index contributed by atoms with van der Waals surface area (Å²) in [6.45, 7) is 2.48. The molecule has 1 N–H and O–H groups in total. The fourth-order valence-electron chi connectivity index (χ4n) is 4.21. The highest BCUT2D eigenvalue weighted by Gasteiger charge is 2.33. The van der Waals surface area contributed by atoms with E-state index in [0.29, 0.717) is 28.7 Å². The van der Waals surface area contributed by atoms with Crippen LogP contribution >= 0.6 is 11.6 Å². The van der Waals surface area contributed by atoms with E-state index in [9.17, 15) is 9.59 Å². The van der Waals surface area contributed by atoms with Gasteiger partial charge in [-0.05, 0) is 58.7 Å². The maximum absolute atomic E-state index is 12.9. The number of hydrogen-bond acceptors (Lipinski definition) is 4. The largest absolute Gasteiger partial charge is 0.493 e. The number of aryl methyl sites for hydroxylation is 1. The molecule has 1 heterocycles. The Kier molecular flexibility index (Phi) is 6.84. The van der Waals surface area contributed by atoms with Crippen molar-refractivity contribution in [3.05, 3.63) is 112 Å². The van der Waals surface area contributed by atoms with E-state index in [1.165, 1.54) is 12.0 Å². The van der Waals surface area contributed by atoms with Crippen molar-refractivity contribution in [3.63, 3.8) is 0 Å². The van der Waals surface area contributed by atoms with Gasteiger partial charge >= 0.3 is 6.03 Å². The van der Waals surface area contributed by atoms with E-state index in [2.05, 4.69) is 29.6 Å². The van der Waals surface area contributed by atoms with Gasteiger partial charge < -0.3 is 14.8 Å². The highest BCUT2D eigenvalue weighted by molar-refractivity contribution is 6.32. The van der Waals surface area contributed by atoms with Crippen LogP contribution in [0.1, 0.15) is 22.3 Å². The average Bonchev–Trinajstić information content (AvgIpc) is 3.16. The molecule has 1 aliphatic rings. The predicted molar refractivity (Wildman–Crippen MR) is 145 cm³/mol. The van der Waals surface area contributed by atoms with Gasteiger partial charge in [-0.2, -0.15) is 0 Å². The summed E-state index contributed by atoms with van der Waals surface area (Å²) in [6, 6.07) is 24.9. The summed E-state index contributed by atoms with van der Waals surface area (Å²) >= 11 is 6.56. The highest BCUT2D eigenvalue weighted by Crippen LogP contribution is 2.38. The van der Waals surface area contributed by atoms with Crippen molar-refractivity contribution in [2.45, 2.75) is 20.1 Å². The average molecular weight is 513 g/mol. The van der Waals surface area contributed by atoms with Gasteiger partial charge in [0.15, 0.2) is 11.5 Å². The number of halogens is 1. The molecule has 0 unspecified atom stereocenters. The monoisotopic (exact) mass is 512 g/mol. The van der Waals surface area contributed by atoms with Crippen molar-refractivity contribution in [1.82, 2.24) is 10.2 Å². The van der Waals surface area contributed by atoms with Crippen molar-refractivity contribution in [2.75, 3.05) is 7.11 Å². The minimum atomic E-state index is -0.467. The molecule has 0 atom stereocenters. The third-order valence-electron chi connectivity index (χ3n) is 6.18. The van der Waals surface area contributed by atoms with Crippen molar-refractivity contribution >= 4 is 40.4 Å². The molecule has 0 spiro atoms. The van der Waals surface area contributed by atoms with Gasteiger partial charge in [0.2, 0.25) is 0 Å². The van der Waals surface area contributed by atoms with Gasteiger partial charge in [0, 0.05) is 0 Å². The molecule has 0 aromatic heterocycles. The van der Waals surface area contributed by atoms with E-state index in [-0.39, 0.29) is 12.2 Å². The lowest BCUT2D eigenvalue weighted by molar-refractivity contribution is -0.123. The Morgan fingerprint density at radius 1 is 0.919 bits per heavy atom. The molecule has 1 fully saturated rings. The number of hydrogen-bond donors (Lipinski definition) is 1. The Morgan fingerprint density at radius 3 is 2.41 bits per heavy atom. The summed E-state index contributed by atoms with van der Waals surface area (Å²) in [5.41, 5.74) is 3.74. The van der Waals surface area contributed by atoms with E-state index in [0.717, 1.165) is 27.5 Å². The van der Waals surface area contributed by atoms with Crippen LogP contribution in [0.2, 0.25) is 5.02 Å². The number of imide groups is 1. The molecule has 0 radical (unpaired) electrons. The molecule has 3 amide bonds. The van der Waals surface area contributed by atoms with E-state index >= 15 is 0 Å². The van der Waals surface area contributed by atoms with Crippen molar-refractivity contribution in [3.8, 4) is 11.5 Å². The first-order chi connectivity index (χ1) is 17.9. The third-order valence-corrected chi connectivity index (χ3v) is 6.46. The molecule has 6 nitrogen and oxygen atoms in total. The summed E-state index contributed by atoms with van der Waals surface area (Å²) in [6.07, 6.45) is 1.58. The van der Waals surface area contributed by atoms with Crippen LogP contribution in [0.15, 0.2) is 84.6 Å². The number of rotatable bonds is 7. The second-order valence-electron chi connectivity index (χ2n) is 8.87. The number of methoxy groups -OCH3 is 1. The second kappa shape index (κ2) is 10.4. The Labute approximate surface area is 220 Å². The highest BCUT2D eigenvalue weighted by atomic mass is 35.5. The minimum absolute atomic E-state index is 0.167. The van der Waals surface area contributed by atoms with Crippen LogP contribution < -0.4 is 14.8 Å². The number of nitrogens with one attached hydrogen (secondary N) is 1. The molecule has 5 rings (SSSR count). The first-order valence-electron chi connectivity index (χ1n) is 11.8. The SMILES string of the molecule is COc1cc(/C=C2/NC(=O)N(Cc3ccc(C)cc3)C2=O)cc(Cl)c1OCc1ccc2ccccc2c1. The van der Waals surface area contributed by atoms with Gasteiger partial charge in [0.05, 0.1) is 18.7 Å². The fraction of sp³-hybridized carbons (Fsp3) is 0.133. The molecular weight excluding hydrogens is 488 g/mol. The molecular formula is C30H25ClN2O4. The van der Waals surface area contributed by atoms with Crippen molar-refractivity contribution in [1.29, 1.82) is 0 Å². The minimum Gasteiger partial charge on any atom is -0.493 e. The number of carbonyl (C=O) groups excluding carboxylic acids is 2. The number of amides is 3. The molecule has 1 aliphatic heterocycles. The molecule has 37 heavy (non-hydrogen) atoms. The first-order valence-corrected chi connectivity index (χ1v) is 12.2. The number of fused-ring (bicyclic) bond motifs is 1. The van der Waals surface area contributed by atoms with Crippen LogP contribution in [-0.2, 0) is 17.9 Å². The fourth-order valence-corrected chi connectivity index (χ4v) is 4.48. The number of carbonyl (C=O) groups is 2. The number of nitrogens with zero attached hydrogens (tertiary/aromatic N) is 1. The van der Waals surface area contributed by atoms with E-state index < -0.39 is 11.9 Å². The van der Waals surface area contributed by atoms with Crippen molar-refractivity contribution < 1.29 is 19.1 Å². The van der Waals surface area contributed by atoms with Gasteiger partial charge in [-0.1, -0.05) is 77.8 Å². The quantitative estimate of drug-likeness (QED) is 0.227. The Bertz CT molecular complexity index is 1530. The number of urea groups is 1. The van der Waals surface area contributed by atoms with Crippen LogP contribution in [0, 0.1) is 6.92 Å². The van der Waals surface area contributed by atoms with Crippen molar-refractivity contribution in [2.24, 2.45) is 0 Å². The maximum atomic E-state index is 12.9. The lowest BCUT2D eigenvalue weighted by Gasteiger charge is -2.14. The van der Waals surface area contributed by atoms with Gasteiger partial charge in [0.1, 0.15) is 12.3 Å². The second-order valence-corrected chi connectivity index (χ2v) is 9.28. The number of ether oxygens (including phenoxy) is 2. The predicted octanol–water partition coefficient (Wildman–Crippen LogP) is 6.48. The lowest BCUT2D eigenvalue weighted by Crippen LogP contribution is -2.30. The van der Waals surface area contributed by atoms with E-state index in [4.69, 9.17) is 21.1 Å². The molecule has 4 aromatic rings. The normalized spacial score (nSPS) is 14.4. The van der Waals surface area contributed by atoms with Crippen LogP contribution in [0.4, 0.5) is 4.79 Å². The molecule has 7 heteroatoms. The summed E-state index contributed by atoms with van der Waals surface area (Å²) in [7, 11) is 1.53. The smallest absolute Gasteiger partial charge is 0.329 e. The zero-order valence-electron chi connectivity index (χ0n) is 20.5. The summed E-state index contributed by atoms with van der Waals surface area (Å²) in [5.74, 6) is 0.424. The molecule has 186 valence electrons. The topological polar surface area (TPSA) is 67.9 Å². The standard InChI is InChI=1S/C30H25ClN2O4/c1-19-7-9-20(10-8-19)17-33-29(34)26(32-30(33)35)15-22-14-25(31)28(27(16-22)36-2)37-18-21-11-12-23-5-3-4-6-24(23)13-21/h3-16H,17-18H2,1-2H3,(H,32,35)/b26-15+. The van der Waals surface area contributed by atoms with E-state index in [1.54, 1.807) is 18.2 Å². The van der Waals surface area contributed by atoms with E-state index in [1.807, 2.05) is 49.4 Å². The van der Waals surface area contributed by atoms with Gasteiger partial charge in [-0.15, -0.1) is 0 Å². The zero-order chi connectivity index (χ0) is 25.9.